The molecule has 3 atom stereocenters. The molecular weight excluding hydrogens is 218 g/mol. The predicted octanol–water partition coefficient (Wildman–Crippen LogP) is 4.36. The second-order valence-corrected chi connectivity index (χ2v) is 8.74. The fourth-order valence-electron chi connectivity index (χ4n) is 6.68. The second kappa shape index (κ2) is 4.23. The highest BCUT2D eigenvalue weighted by atomic mass is 14.7. The van der Waals surface area contributed by atoms with Gasteiger partial charge in [0.25, 0.3) is 0 Å². The maximum atomic E-state index is 6.16. The molecule has 4 bridgehead atoms. The van der Waals surface area contributed by atoms with Crippen molar-refractivity contribution in [1.29, 1.82) is 0 Å². The highest BCUT2D eigenvalue weighted by Crippen LogP contribution is 2.67. The monoisotopic (exact) mass is 249 g/mol. The first-order valence-electron chi connectivity index (χ1n) is 8.16. The molecule has 2 N–H and O–H groups in total. The van der Waals surface area contributed by atoms with Gasteiger partial charge in [-0.05, 0) is 86.9 Å². The van der Waals surface area contributed by atoms with Crippen molar-refractivity contribution in [3.05, 3.63) is 0 Å². The van der Waals surface area contributed by atoms with Crippen molar-refractivity contribution in [2.75, 3.05) is 0 Å². The normalized spacial score (nSPS) is 47.8. The van der Waals surface area contributed by atoms with Crippen molar-refractivity contribution in [2.24, 2.45) is 34.3 Å². The predicted molar refractivity (Wildman–Crippen MR) is 77.3 cm³/mol. The molecule has 4 aliphatic carbocycles. The van der Waals surface area contributed by atoms with Crippen LogP contribution in [0.1, 0.15) is 72.1 Å². The fraction of sp³-hybridized carbons (Fsp3) is 1.00. The van der Waals surface area contributed by atoms with E-state index in [0.717, 1.165) is 17.8 Å². The lowest BCUT2D eigenvalue weighted by atomic mass is 9.42. The van der Waals surface area contributed by atoms with Gasteiger partial charge >= 0.3 is 0 Å². The van der Waals surface area contributed by atoms with E-state index in [1.165, 1.54) is 32.1 Å². The van der Waals surface area contributed by atoms with Crippen LogP contribution in [0, 0.1) is 28.6 Å². The SMILES string of the molecule is CC(C)CC12CC3CC(C1)CC(CC(C)N)(C3)C2. The van der Waals surface area contributed by atoms with Gasteiger partial charge in [0.05, 0.1) is 0 Å². The lowest BCUT2D eigenvalue weighted by molar-refractivity contribution is -0.123. The van der Waals surface area contributed by atoms with Crippen molar-refractivity contribution in [2.45, 2.75) is 78.2 Å². The Morgan fingerprint density at radius 1 is 0.944 bits per heavy atom. The summed E-state index contributed by atoms with van der Waals surface area (Å²) in [5.74, 6) is 2.96. The first kappa shape index (κ1) is 13.0. The minimum Gasteiger partial charge on any atom is -0.328 e. The quantitative estimate of drug-likeness (QED) is 0.787. The summed E-state index contributed by atoms with van der Waals surface area (Å²) >= 11 is 0. The van der Waals surface area contributed by atoms with Crippen LogP contribution in [-0.2, 0) is 0 Å². The van der Waals surface area contributed by atoms with Crippen LogP contribution < -0.4 is 5.73 Å². The van der Waals surface area contributed by atoms with Crippen LogP contribution in [-0.4, -0.2) is 6.04 Å². The van der Waals surface area contributed by atoms with Crippen molar-refractivity contribution in [3.8, 4) is 0 Å². The molecule has 0 aliphatic heterocycles. The van der Waals surface area contributed by atoms with Gasteiger partial charge in [-0.3, -0.25) is 0 Å². The third kappa shape index (κ3) is 2.24. The zero-order chi connectivity index (χ0) is 13.0. The van der Waals surface area contributed by atoms with Crippen LogP contribution in [0.4, 0.5) is 0 Å². The lowest BCUT2D eigenvalue weighted by Crippen LogP contribution is -2.53. The molecule has 0 aromatic rings. The Labute approximate surface area is 113 Å². The Kier molecular flexibility index (Phi) is 3.05. The van der Waals surface area contributed by atoms with Crippen LogP contribution in [0.5, 0.6) is 0 Å². The molecule has 1 heteroatoms. The molecule has 0 heterocycles. The first-order valence-corrected chi connectivity index (χ1v) is 8.16. The van der Waals surface area contributed by atoms with Gasteiger partial charge in [-0.1, -0.05) is 13.8 Å². The van der Waals surface area contributed by atoms with Crippen molar-refractivity contribution in [3.63, 3.8) is 0 Å². The van der Waals surface area contributed by atoms with E-state index >= 15 is 0 Å². The Hall–Kier alpha value is -0.0400. The summed E-state index contributed by atoms with van der Waals surface area (Å²) in [6, 6.07) is 0.400. The zero-order valence-electron chi connectivity index (χ0n) is 12.5. The molecule has 104 valence electrons. The fourth-order valence-corrected chi connectivity index (χ4v) is 6.68. The summed E-state index contributed by atoms with van der Waals surface area (Å²) in [6.07, 6.45) is 11.9. The van der Waals surface area contributed by atoms with Gasteiger partial charge in [-0.25, -0.2) is 0 Å². The third-order valence-corrected chi connectivity index (χ3v) is 5.90. The molecule has 4 saturated carbocycles. The van der Waals surface area contributed by atoms with Crippen molar-refractivity contribution < 1.29 is 0 Å². The Balaban J connectivity index is 1.83. The molecule has 0 aromatic carbocycles. The van der Waals surface area contributed by atoms with Crippen molar-refractivity contribution >= 4 is 0 Å². The minimum atomic E-state index is 0.400. The topological polar surface area (TPSA) is 26.0 Å². The average molecular weight is 249 g/mol. The lowest BCUT2D eigenvalue weighted by Gasteiger charge is -2.63. The number of nitrogens with two attached hydrogens (primary N) is 1. The van der Waals surface area contributed by atoms with Gasteiger partial charge in [0.1, 0.15) is 0 Å². The molecule has 4 aliphatic rings. The molecule has 4 fully saturated rings. The number of hydrogen-bond acceptors (Lipinski definition) is 1. The van der Waals surface area contributed by atoms with Crippen LogP contribution in [0.2, 0.25) is 0 Å². The Morgan fingerprint density at radius 3 is 1.89 bits per heavy atom. The smallest absolute Gasteiger partial charge is 0.00157 e. The summed E-state index contributed by atoms with van der Waals surface area (Å²) in [5.41, 5.74) is 7.52. The zero-order valence-corrected chi connectivity index (χ0v) is 12.5. The van der Waals surface area contributed by atoms with Crippen LogP contribution in [0.3, 0.4) is 0 Å². The van der Waals surface area contributed by atoms with Gasteiger partial charge in [0.2, 0.25) is 0 Å². The second-order valence-electron chi connectivity index (χ2n) is 8.74. The molecule has 0 amide bonds. The van der Waals surface area contributed by atoms with E-state index in [-0.39, 0.29) is 0 Å². The molecule has 0 saturated heterocycles. The highest BCUT2D eigenvalue weighted by molar-refractivity contribution is 5.08. The van der Waals surface area contributed by atoms with E-state index < -0.39 is 0 Å². The van der Waals surface area contributed by atoms with Gasteiger partial charge in [-0.15, -0.1) is 0 Å². The van der Waals surface area contributed by atoms with Gasteiger partial charge in [0.15, 0.2) is 0 Å². The molecule has 4 rings (SSSR count). The summed E-state index contributed by atoms with van der Waals surface area (Å²) in [4.78, 5) is 0. The maximum Gasteiger partial charge on any atom is 0.00157 e. The number of hydrogen-bond donors (Lipinski definition) is 1. The van der Waals surface area contributed by atoms with Crippen molar-refractivity contribution in [1.82, 2.24) is 0 Å². The molecule has 0 spiro atoms. The Bertz CT molecular complexity index is 265. The van der Waals surface area contributed by atoms with E-state index in [9.17, 15) is 0 Å². The van der Waals surface area contributed by atoms with Crippen LogP contribution in [0.25, 0.3) is 0 Å². The first-order chi connectivity index (χ1) is 8.40. The molecule has 0 aromatic heterocycles. The summed E-state index contributed by atoms with van der Waals surface area (Å²) in [6.45, 7) is 7.04. The van der Waals surface area contributed by atoms with Gasteiger partial charge in [-0.2, -0.15) is 0 Å². The van der Waals surface area contributed by atoms with E-state index in [1.807, 2.05) is 0 Å². The number of rotatable bonds is 4. The third-order valence-electron chi connectivity index (χ3n) is 5.90. The molecule has 1 nitrogen and oxygen atoms in total. The average Bonchev–Trinajstić information content (AvgIpc) is 2.08. The highest BCUT2D eigenvalue weighted by Gasteiger charge is 2.57. The molecule has 3 unspecified atom stereocenters. The van der Waals surface area contributed by atoms with Gasteiger partial charge < -0.3 is 5.73 Å². The van der Waals surface area contributed by atoms with E-state index in [2.05, 4.69) is 20.8 Å². The Morgan fingerprint density at radius 2 is 1.44 bits per heavy atom. The van der Waals surface area contributed by atoms with E-state index in [1.54, 1.807) is 19.3 Å². The van der Waals surface area contributed by atoms with Gasteiger partial charge in [0, 0.05) is 6.04 Å². The van der Waals surface area contributed by atoms with E-state index in [4.69, 9.17) is 5.73 Å². The van der Waals surface area contributed by atoms with E-state index in [0.29, 0.717) is 16.9 Å². The van der Waals surface area contributed by atoms with Crippen LogP contribution in [0.15, 0.2) is 0 Å². The van der Waals surface area contributed by atoms with Crippen LogP contribution >= 0.6 is 0 Å². The minimum absolute atomic E-state index is 0.400. The standard InChI is InChI=1S/C17H31N/c1-12(2)5-16-7-14-4-15(8-16)10-17(9-14,11-16)6-13(3)18/h12-15H,4-11,18H2,1-3H3. The molecule has 18 heavy (non-hydrogen) atoms. The maximum absolute atomic E-state index is 6.16. The molecule has 0 radical (unpaired) electrons. The summed E-state index contributed by atoms with van der Waals surface area (Å²) in [5, 5.41) is 0. The largest absolute Gasteiger partial charge is 0.328 e. The molecular formula is C17H31N. The summed E-state index contributed by atoms with van der Waals surface area (Å²) in [7, 11) is 0. The summed E-state index contributed by atoms with van der Waals surface area (Å²) < 4.78 is 0.